The minimum atomic E-state index is 0.528. The highest BCUT2D eigenvalue weighted by atomic mass is 15.2. The van der Waals surface area contributed by atoms with Crippen molar-refractivity contribution in [2.75, 3.05) is 11.4 Å². The Kier molecular flexibility index (Phi) is 5.01. The van der Waals surface area contributed by atoms with E-state index in [4.69, 9.17) is 5.73 Å². The first-order chi connectivity index (χ1) is 7.95. The van der Waals surface area contributed by atoms with Crippen molar-refractivity contribution < 1.29 is 0 Å². The average Bonchev–Trinajstić information content (AvgIpc) is 2.25. The molecular formula is C15H26N2. The summed E-state index contributed by atoms with van der Waals surface area (Å²) in [5, 5.41) is 0. The van der Waals surface area contributed by atoms with Gasteiger partial charge in [0.2, 0.25) is 0 Å². The summed E-state index contributed by atoms with van der Waals surface area (Å²) in [7, 11) is 0. The maximum absolute atomic E-state index is 5.67. The molecule has 2 N–H and O–H groups in total. The van der Waals surface area contributed by atoms with E-state index in [0.717, 1.165) is 6.54 Å². The fraction of sp³-hybridized carbons (Fsp3) is 0.600. The second-order valence-corrected chi connectivity index (χ2v) is 5.46. The van der Waals surface area contributed by atoms with Crippen LogP contribution >= 0.6 is 0 Å². The summed E-state index contributed by atoms with van der Waals surface area (Å²) in [4.78, 5) is 2.47. The van der Waals surface area contributed by atoms with E-state index in [2.05, 4.69) is 57.7 Å². The molecule has 0 aliphatic heterocycles. The second-order valence-electron chi connectivity index (χ2n) is 5.46. The molecule has 0 radical (unpaired) electrons. The van der Waals surface area contributed by atoms with Crippen molar-refractivity contribution in [2.24, 2.45) is 11.7 Å². The van der Waals surface area contributed by atoms with Crippen LogP contribution in [0.1, 0.15) is 38.8 Å². The van der Waals surface area contributed by atoms with E-state index in [1.165, 1.54) is 16.8 Å². The van der Waals surface area contributed by atoms with Gasteiger partial charge in [-0.15, -0.1) is 0 Å². The molecule has 2 heteroatoms. The van der Waals surface area contributed by atoms with Crippen LogP contribution in [0.25, 0.3) is 0 Å². The first-order valence-corrected chi connectivity index (χ1v) is 6.52. The standard InChI is InChI=1S/C15H26N2/c1-11(2)10-17(12(3)4)15-7-6-14(9-16)8-13(15)5/h6-8,11-12H,9-10,16H2,1-5H3. The zero-order chi connectivity index (χ0) is 13.0. The molecular weight excluding hydrogens is 208 g/mol. The predicted molar refractivity (Wildman–Crippen MR) is 76.4 cm³/mol. The zero-order valence-corrected chi connectivity index (χ0v) is 11.8. The summed E-state index contributed by atoms with van der Waals surface area (Å²) < 4.78 is 0. The van der Waals surface area contributed by atoms with Crippen molar-refractivity contribution in [3.63, 3.8) is 0 Å². The molecule has 0 spiro atoms. The van der Waals surface area contributed by atoms with Gasteiger partial charge < -0.3 is 10.6 Å². The topological polar surface area (TPSA) is 29.3 Å². The van der Waals surface area contributed by atoms with Crippen LogP contribution < -0.4 is 10.6 Å². The van der Waals surface area contributed by atoms with E-state index < -0.39 is 0 Å². The third kappa shape index (κ3) is 3.74. The molecule has 0 saturated carbocycles. The lowest BCUT2D eigenvalue weighted by atomic mass is 10.1. The van der Waals surface area contributed by atoms with Crippen molar-refractivity contribution in [2.45, 2.75) is 47.2 Å². The molecule has 0 aromatic heterocycles. The molecule has 2 nitrogen and oxygen atoms in total. The lowest BCUT2D eigenvalue weighted by Crippen LogP contribution is -2.34. The summed E-state index contributed by atoms with van der Waals surface area (Å²) in [5.41, 5.74) is 9.54. The van der Waals surface area contributed by atoms with Crippen molar-refractivity contribution in [3.8, 4) is 0 Å². The lowest BCUT2D eigenvalue weighted by molar-refractivity contribution is 0.570. The molecule has 0 heterocycles. The number of benzene rings is 1. The van der Waals surface area contributed by atoms with Crippen molar-refractivity contribution in [1.82, 2.24) is 0 Å². The van der Waals surface area contributed by atoms with E-state index in [1.54, 1.807) is 0 Å². The number of anilines is 1. The molecule has 96 valence electrons. The van der Waals surface area contributed by atoms with Gasteiger partial charge in [-0.3, -0.25) is 0 Å². The zero-order valence-electron chi connectivity index (χ0n) is 11.8. The van der Waals surface area contributed by atoms with Gasteiger partial charge in [-0.2, -0.15) is 0 Å². The Labute approximate surface area is 106 Å². The van der Waals surface area contributed by atoms with Gasteiger partial charge in [0.1, 0.15) is 0 Å². The van der Waals surface area contributed by atoms with Crippen LogP contribution in [0.4, 0.5) is 5.69 Å². The van der Waals surface area contributed by atoms with Gasteiger partial charge in [-0.05, 0) is 43.9 Å². The van der Waals surface area contributed by atoms with Gasteiger partial charge in [0.15, 0.2) is 0 Å². The fourth-order valence-corrected chi connectivity index (χ4v) is 2.15. The number of nitrogens with two attached hydrogens (primary N) is 1. The maximum atomic E-state index is 5.67. The SMILES string of the molecule is Cc1cc(CN)ccc1N(CC(C)C)C(C)C. The van der Waals surface area contributed by atoms with Crippen molar-refractivity contribution >= 4 is 5.69 Å². The molecule has 0 saturated heterocycles. The van der Waals surface area contributed by atoms with Gasteiger partial charge >= 0.3 is 0 Å². The van der Waals surface area contributed by atoms with Crippen LogP contribution in [0.15, 0.2) is 18.2 Å². The Hall–Kier alpha value is -1.02. The van der Waals surface area contributed by atoms with Crippen LogP contribution in [-0.4, -0.2) is 12.6 Å². The Morgan fingerprint density at radius 2 is 1.82 bits per heavy atom. The molecule has 1 rings (SSSR count). The van der Waals surface area contributed by atoms with E-state index >= 15 is 0 Å². The van der Waals surface area contributed by atoms with Crippen molar-refractivity contribution in [1.29, 1.82) is 0 Å². The average molecular weight is 234 g/mol. The van der Waals surface area contributed by atoms with E-state index in [-0.39, 0.29) is 0 Å². The minimum absolute atomic E-state index is 0.528. The fourth-order valence-electron chi connectivity index (χ4n) is 2.15. The van der Waals surface area contributed by atoms with Crippen LogP contribution in [-0.2, 0) is 6.54 Å². The lowest BCUT2D eigenvalue weighted by Gasteiger charge is -2.32. The van der Waals surface area contributed by atoms with Gasteiger partial charge in [-0.1, -0.05) is 26.0 Å². The summed E-state index contributed by atoms with van der Waals surface area (Å²) in [5.74, 6) is 0.672. The highest BCUT2D eigenvalue weighted by Crippen LogP contribution is 2.24. The van der Waals surface area contributed by atoms with Crippen LogP contribution in [0.3, 0.4) is 0 Å². The Morgan fingerprint density at radius 1 is 1.18 bits per heavy atom. The highest BCUT2D eigenvalue weighted by Gasteiger charge is 2.14. The summed E-state index contributed by atoms with van der Waals surface area (Å²) in [6.07, 6.45) is 0. The molecule has 0 atom stereocenters. The molecule has 0 amide bonds. The van der Waals surface area contributed by atoms with Gasteiger partial charge in [0.05, 0.1) is 0 Å². The van der Waals surface area contributed by atoms with Crippen LogP contribution in [0.5, 0.6) is 0 Å². The molecule has 0 bridgehead atoms. The third-order valence-corrected chi connectivity index (χ3v) is 2.99. The van der Waals surface area contributed by atoms with E-state index in [1.807, 2.05) is 0 Å². The summed E-state index contributed by atoms with van der Waals surface area (Å²) in [6, 6.07) is 7.07. The maximum Gasteiger partial charge on any atom is 0.0398 e. The molecule has 0 aliphatic rings. The number of nitrogens with zero attached hydrogens (tertiary/aromatic N) is 1. The molecule has 0 fully saturated rings. The number of rotatable bonds is 5. The van der Waals surface area contributed by atoms with Crippen LogP contribution in [0.2, 0.25) is 0 Å². The first kappa shape index (κ1) is 14.0. The van der Waals surface area contributed by atoms with Gasteiger partial charge in [0.25, 0.3) is 0 Å². The number of hydrogen-bond donors (Lipinski definition) is 1. The summed E-state index contributed by atoms with van der Waals surface area (Å²) in [6.45, 7) is 12.9. The van der Waals surface area contributed by atoms with Crippen LogP contribution in [0, 0.1) is 12.8 Å². The number of aryl methyl sites for hydroxylation is 1. The molecule has 1 aromatic carbocycles. The third-order valence-electron chi connectivity index (χ3n) is 2.99. The molecule has 1 aromatic rings. The Morgan fingerprint density at radius 3 is 2.24 bits per heavy atom. The van der Waals surface area contributed by atoms with Crippen molar-refractivity contribution in [3.05, 3.63) is 29.3 Å². The quantitative estimate of drug-likeness (QED) is 0.846. The molecule has 0 aliphatic carbocycles. The van der Waals surface area contributed by atoms with E-state index in [9.17, 15) is 0 Å². The minimum Gasteiger partial charge on any atom is -0.369 e. The monoisotopic (exact) mass is 234 g/mol. The molecule has 0 unspecified atom stereocenters. The first-order valence-electron chi connectivity index (χ1n) is 6.52. The smallest absolute Gasteiger partial charge is 0.0398 e. The molecule has 17 heavy (non-hydrogen) atoms. The Balaban J connectivity index is 3.01. The highest BCUT2D eigenvalue weighted by molar-refractivity contribution is 5.55. The summed E-state index contributed by atoms with van der Waals surface area (Å²) >= 11 is 0. The Bertz CT molecular complexity index is 356. The van der Waals surface area contributed by atoms with Gasteiger partial charge in [-0.25, -0.2) is 0 Å². The van der Waals surface area contributed by atoms with Gasteiger partial charge in [0, 0.05) is 24.8 Å². The largest absolute Gasteiger partial charge is 0.369 e. The predicted octanol–water partition coefficient (Wildman–Crippen LogP) is 3.32. The normalized spacial score (nSPS) is 11.3. The second kappa shape index (κ2) is 6.06. The van der Waals surface area contributed by atoms with E-state index in [0.29, 0.717) is 18.5 Å². The number of hydrogen-bond acceptors (Lipinski definition) is 2.